The number of aryl methyl sites for hydroxylation is 1. The predicted octanol–water partition coefficient (Wildman–Crippen LogP) is 3.28. The van der Waals surface area contributed by atoms with Crippen molar-refractivity contribution >= 4 is 23.2 Å². The highest BCUT2D eigenvalue weighted by Gasteiger charge is 2.32. The molecule has 9 nitrogen and oxygen atoms in total. The standard InChI is InChI=1S/C20H24ClN5O4/c1-23-20(28)25(15-4-2-3-5-15)18(22-23)13-8-10-24(11-9-13)19(27)14-6-7-16(21)17(12-14)26(29)30/h6-7,12-13,15H,2-5,8-11H2,1H3. The molecule has 1 aromatic carbocycles. The summed E-state index contributed by atoms with van der Waals surface area (Å²) in [7, 11) is 1.68. The van der Waals surface area contributed by atoms with E-state index < -0.39 is 4.92 Å². The van der Waals surface area contributed by atoms with E-state index in [1.54, 1.807) is 11.9 Å². The summed E-state index contributed by atoms with van der Waals surface area (Å²) >= 11 is 5.85. The molecule has 2 heterocycles. The summed E-state index contributed by atoms with van der Waals surface area (Å²) in [4.78, 5) is 37.7. The number of nitrogens with zero attached hydrogens (tertiary/aromatic N) is 5. The molecule has 0 unspecified atom stereocenters. The van der Waals surface area contributed by atoms with Crippen molar-refractivity contribution in [2.45, 2.75) is 50.5 Å². The van der Waals surface area contributed by atoms with Crippen LogP contribution in [-0.4, -0.2) is 43.2 Å². The van der Waals surface area contributed by atoms with Crippen molar-refractivity contribution in [3.8, 4) is 0 Å². The van der Waals surface area contributed by atoms with Crippen molar-refractivity contribution in [2.24, 2.45) is 7.05 Å². The normalized spacial score (nSPS) is 18.1. The molecule has 1 aliphatic heterocycles. The van der Waals surface area contributed by atoms with E-state index in [-0.39, 0.29) is 39.8 Å². The zero-order valence-electron chi connectivity index (χ0n) is 16.8. The number of hydrogen-bond donors (Lipinski definition) is 0. The van der Waals surface area contributed by atoms with Crippen molar-refractivity contribution in [1.82, 2.24) is 19.2 Å². The van der Waals surface area contributed by atoms with Gasteiger partial charge in [-0.2, -0.15) is 5.10 Å². The lowest BCUT2D eigenvalue weighted by Crippen LogP contribution is -2.38. The number of halogens is 1. The molecule has 0 atom stereocenters. The maximum Gasteiger partial charge on any atom is 0.345 e. The summed E-state index contributed by atoms with van der Waals surface area (Å²) in [6.07, 6.45) is 5.67. The molecule has 1 aromatic heterocycles. The number of carbonyl (C=O) groups excluding carboxylic acids is 1. The molecule has 1 amide bonds. The van der Waals surface area contributed by atoms with Gasteiger partial charge in [-0.15, -0.1) is 0 Å². The third-order valence-corrected chi connectivity index (χ3v) is 6.53. The molecule has 2 aliphatic rings. The third-order valence-electron chi connectivity index (χ3n) is 6.21. The molecular weight excluding hydrogens is 410 g/mol. The molecule has 4 rings (SSSR count). The van der Waals surface area contributed by atoms with Crippen LogP contribution < -0.4 is 5.69 Å². The topological polar surface area (TPSA) is 103 Å². The average molecular weight is 434 g/mol. The Morgan fingerprint density at radius 1 is 1.20 bits per heavy atom. The first-order valence-corrected chi connectivity index (χ1v) is 10.6. The van der Waals surface area contributed by atoms with Gasteiger partial charge in [0.05, 0.1) is 4.92 Å². The molecule has 1 saturated heterocycles. The van der Waals surface area contributed by atoms with E-state index in [4.69, 9.17) is 11.6 Å². The fourth-order valence-electron chi connectivity index (χ4n) is 4.59. The molecule has 2 fully saturated rings. The molecule has 30 heavy (non-hydrogen) atoms. The van der Waals surface area contributed by atoms with Crippen LogP contribution >= 0.6 is 11.6 Å². The Kier molecular flexibility index (Phi) is 5.64. The molecule has 1 saturated carbocycles. The maximum absolute atomic E-state index is 12.8. The van der Waals surface area contributed by atoms with E-state index in [1.807, 2.05) is 4.57 Å². The summed E-state index contributed by atoms with van der Waals surface area (Å²) < 4.78 is 3.29. The molecule has 0 bridgehead atoms. The number of carbonyl (C=O) groups is 1. The van der Waals surface area contributed by atoms with Crippen LogP contribution in [0.5, 0.6) is 0 Å². The van der Waals surface area contributed by atoms with Crippen LogP contribution in [0.3, 0.4) is 0 Å². The minimum atomic E-state index is -0.589. The molecule has 0 N–H and O–H groups in total. The number of piperidine rings is 1. The summed E-state index contributed by atoms with van der Waals surface area (Å²) in [5, 5.41) is 15.6. The van der Waals surface area contributed by atoms with Crippen LogP contribution in [0.15, 0.2) is 23.0 Å². The molecule has 2 aromatic rings. The first kappa shape index (κ1) is 20.6. The molecule has 160 valence electrons. The Bertz CT molecular complexity index is 1030. The maximum atomic E-state index is 12.8. The van der Waals surface area contributed by atoms with Gasteiger partial charge in [-0.1, -0.05) is 24.4 Å². The van der Waals surface area contributed by atoms with Gasteiger partial charge in [0, 0.05) is 43.7 Å². The summed E-state index contributed by atoms with van der Waals surface area (Å²) in [6, 6.07) is 4.34. The second kappa shape index (κ2) is 8.22. The summed E-state index contributed by atoms with van der Waals surface area (Å²) in [5.41, 5.74) is -0.0828. The Balaban J connectivity index is 1.49. The van der Waals surface area contributed by atoms with E-state index in [0.717, 1.165) is 31.5 Å². The van der Waals surface area contributed by atoms with Crippen LogP contribution in [0.1, 0.15) is 66.7 Å². The third kappa shape index (κ3) is 3.74. The first-order chi connectivity index (χ1) is 14.4. The number of nitro groups is 1. The number of hydrogen-bond acceptors (Lipinski definition) is 5. The van der Waals surface area contributed by atoms with E-state index in [9.17, 15) is 19.7 Å². The fraction of sp³-hybridized carbons (Fsp3) is 0.550. The smallest absolute Gasteiger partial charge is 0.339 e. The number of amides is 1. The Labute approximate surface area is 178 Å². The highest BCUT2D eigenvalue weighted by molar-refractivity contribution is 6.32. The Morgan fingerprint density at radius 2 is 1.87 bits per heavy atom. The van der Waals surface area contributed by atoms with E-state index in [2.05, 4.69) is 5.10 Å². The lowest BCUT2D eigenvalue weighted by molar-refractivity contribution is -0.384. The SMILES string of the molecule is Cn1nc(C2CCN(C(=O)c3ccc(Cl)c([N+](=O)[O-])c3)CC2)n(C2CCCC2)c1=O. The number of rotatable bonds is 4. The van der Waals surface area contributed by atoms with Gasteiger partial charge in [-0.25, -0.2) is 9.48 Å². The predicted molar refractivity (Wildman–Crippen MR) is 111 cm³/mol. The zero-order valence-corrected chi connectivity index (χ0v) is 17.5. The molecule has 1 aliphatic carbocycles. The molecule has 0 spiro atoms. The van der Waals surface area contributed by atoms with Crippen molar-refractivity contribution in [2.75, 3.05) is 13.1 Å². The van der Waals surface area contributed by atoms with Crippen molar-refractivity contribution in [3.05, 3.63) is 55.2 Å². The van der Waals surface area contributed by atoms with Crippen LogP contribution in [0, 0.1) is 10.1 Å². The van der Waals surface area contributed by atoms with Crippen molar-refractivity contribution in [1.29, 1.82) is 0 Å². The molecule has 0 radical (unpaired) electrons. The van der Waals surface area contributed by atoms with E-state index in [1.165, 1.54) is 22.9 Å². The van der Waals surface area contributed by atoms with Crippen molar-refractivity contribution < 1.29 is 9.72 Å². The van der Waals surface area contributed by atoms with E-state index in [0.29, 0.717) is 25.9 Å². The second-order valence-corrected chi connectivity index (χ2v) is 8.47. The fourth-order valence-corrected chi connectivity index (χ4v) is 4.78. The Hall–Kier alpha value is -2.68. The van der Waals surface area contributed by atoms with Crippen LogP contribution in [0.2, 0.25) is 5.02 Å². The van der Waals surface area contributed by atoms with Crippen LogP contribution in [0.25, 0.3) is 0 Å². The van der Waals surface area contributed by atoms with Gasteiger partial charge >= 0.3 is 5.69 Å². The minimum absolute atomic E-state index is 0.00953. The highest BCUT2D eigenvalue weighted by atomic mass is 35.5. The largest absolute Gasteiger partial charge is 0.345 e. The number of aromatic nitrogens is 3. The van der Waals surface area contributed by atoms with E-state index >= 15 is 0 Å². The first-order valence-electron chi connectivity index (χ1n) is 10.3. The second-order valence-electron chi connectivity index (χ2n) is 8.06. The van der Waals surface area contributed by atoms with Gasteiger partial charge in [0.1, 0.15) is 10.8 Å². The lowest BCUT2D eigenvalue weighted by atomic mass is 9.95. The van der Waals surface area contributed by atoms with Gasteiger partial charge in [-0.3, -0.25) is 19.5 Å². The lowest BCUT2D eigenvalue weighted by Gasteiger charge is -2.32. The number of nitro benzene ring substituents is 1. The average Bonchev–Trinajstić information content (AvgIpc) is 3.36. The number of benzene rings is 1. The summed E-state index contributed by atoms with van der Waals surface area (Å²) in [5.74, 6) is 0.689. The van der Waals surface area contributed by atoms with Gasteiger partial charge in [-0.05, 0) is 37.8 Å². The van der Waals surface area contributed by atoms with Gasteiger partial charge in [0.15, 0.2) is 0 Å². The minimum Gasteiger partial charge on any atom is -0.339 e. The zero-order chi connectivity index (χ0) is 21.4. The summed E-state index contributed by atoms with van der Waals surface area (Å²) in [6.45, 7) is 1.02. The van der Waals surface area contributed by atoms with Gasteiger partial charge in [0.25, 0.3) is 11.6 Å². The van der Waals surface area contributed by atoms with Gasteiger partial charge < -0.3 is 4.90 Å². The quantitative estimate of drug-likeness (QED) is 0.543. The monoisotopic (exact) mass is 433 g/mol. The van der Waals surface area contributed by atoms with Crippen molar-refractivity contribution in [3.63, 3.8) is 0 Å². The van der Waals surface area contributed by atoms with Crippen LogP contribution in [0.4, 0.5) is 5.69 Å². The number of likely N-dealkylation sites (tertiary alicyclic amines) is 1. The molecular formula is C20H24ClN5O4. The highest BCUT2D eigenvalue weighted by Crippen LogP contribution is 2.34. The van der Waals surface area contributed by atoms with Crippen LogP contribution in [-0.2, 0) is 7.05 Å². The van der Waals surface area contributed by atoms with Gasteiger partial charge in [0.2, 0.25) is 0 Å². The Morgan fingerprint density at radius 3 is 2.50 bits per heavy atom. The molecule has 10 heteroatoms.